The fourth-order valence-electron chi connectivity index (χ4n) is 7.53. The maximum absolute atomic E-state index is 14.4. The maximum Gasteiger partial charge on any atom is 0.243 e. The monoisotopic (exact) mass is 693 g/mol. The van der Waals surface area contributed by atoms with Gasteiger partial charge in [-0.05, 0) is 97.2 Å². The predicted molar refractivity (Wildman–Crippen MR) is 196 cm³/mol. The summed E-state index contributed by atoms with van der Waals surface area (Å²) in [4.78, 5) is 19.0. The number of aromatic nitrogens is 4. The zero-order chi connectivity index (χ0) is 36.0. The van der Waals surface area contributed by atoms with Gasteiger partial charge in [0.25, 0.3) is 0 Å². The summed E-state index contributed by atoms with van der Waals surface area (Å²) in [5.41, 5.74) is 8.06. The van der Waals surface area contributed by atoms with Crippen LogP contribution in [0.4, 0.5) is 0 Å². The molecule has 3 aromatic carbocycles. The largest absolute Gasteiger partial charge is 0.494 e. The fourth-order valence-corrected chi connectivity index (χ4v) is 9.28. The van der Waals surface area contributed by atoms with Gasteiger partial charge in [0.1, 0.15) is 22.6 Å². The highest BCUT2D eigenvalue weighted by Gasteiger charge is 2.41. The average molecular weight is 694 g/mol. The van der Waals surface area contributed by atoms with Crippen molar-refractivity contribution in [2.75, 3.05) is 13.7 Å². The number of fused-ring (bicyclic) bond motifs is 2. The van der Waals surface area contributed by atoms with E-state index in [1.54, 1.807) is 29.9 Å². The molecule has 0 fully saturated rings. The Bertz CT molecular complexity index is 2180. The number of rotatable bonds is 10. The molecular weight excluding hydrogens is 647 g/mol. The first-order valence-electron chi connectivity index (χ1n) is 17.3. The second kappa shape index (κ2) is 13.7. The number of pyridine rings is 1. The highest BCUT2D eigenvalue weighted by atomic mass is 32.2. The van der Waals surface area contributed by atoms with Crippen LogP contribution in [-0.2, 0) is 40.7 Å². The third-order valence-electron chi connectivity index (χ3n) is 10.4. The Morgan fingerprint density at radius 3 is 2.56 bits per heavy atom. The van der Waals surface area contributed by atoms with Crippen LogP contribution in [0.15, 0.2) is 71.9 Å². The highest BCUT2D eigenvalue weighted by Crippen LogP contribution is 2.47. The van der Waals surface area contributed by atoms with E-state index in [1.807, 2.05) is 82.6 Å². The van der Waals surface area contributed by atoms with Crippen LogP contribution in [0.3, 0.4) is 0 Å². The van der Waals surface area contributed by atoms with Gasteiger partial charge in [-0.2, -0.15) is 4.31 Å². The van der Waals surface area contributed by atoms with Crippen LogP contribution in [0.5, 0.6) is 5.75 Å². The molecule has 0 spiro atoms. The SMILES string of the molecule is CCn1nnc2c(C)c([C@H](c3ccc(C)c(CN4C[C@@H](C)Cc5cc(C)ccc5S4(=O)=O)c3)C(C)(C)C(=O)Cc3cccnc3)cc(OC)c21. The van der Waals surface area contributed by atoms with E-state index >= 15 is 0 Å². The molecule has 0 saturated heterocycles. The van der Waals surface area contributed by atoms with Crippen molar-refractivity contribution < 1.29 is 17.9 Å². The van der Waals surface area contributed by atoms with Crippen molar-refractivity contribution in [2.24, 2.45) is 11.3 Å². The van der Waals surface area contributed by atoms with Gasteiger partial charge in [0.2, 0.25) is 10.0 Å². The van der Waals surface area contributed by atoms with Gasteiger partial charge >= 0.3 is 0 Å². The van der Waals surface area contributed by atoms with Crippen molar-refractivity contribution in [3.63, 3.8) is 0 Å². The van der Waals surface area contributed by atoms with Gasteiger partial charge in [-0.25, -0.2) is 13.1 Å². The van der Waals surface area contributed by atoms with E-state index in [4.69, 9.17) is 4.74 Å². The van der Waals surface area contributed by atoms with E-state index in [2.05, 4.69) is 34.4 Å². The minimum absolute atomic E-state index is 0.0594. The van der Waals surface area contributed by atoms with Crippen molar-refractivity contribution in [1.82, 2.24) is 24.3 Å². The van der Waals surface area contributed by atoms with Crippen molar-refractivity contribution in [3.8, 4) is 5.75 Å². The number of hydrogen-bond acceptors (Lipinski definition) is 7. The lowest BCUT2D eigenvalue weighted by atomic mass is 9.66. The molecule has 0 unspecified atom stereocenters. The molecule has 0 aliphatic carbocycles. The summed E-state index contributed by atoms with van der Waals surface area (Å²) in [5.74, 6) is 0.425. The molecule has 1 aliphatic rings. The number of benzene rings is 3. The molecule has 10 heteroatoms. The van der Waals surface area contributed by atoms with Crippen LogP contribution in [-0.4, -0.2) is 52.1 Å². The first-order chi connectivity index (χ1) is 23.8. The molecule has 0 saturated carbocycles. The number of carbonyl (C=O) groups is 1. The quantitative estimate of drug-likeness (QED) is 0.153. The van der Waals surface area contributed by atoms with Crippen molar-refractivity contribution in [3.05, 3.63) is 111 Å². The Morgan fingerprint density at radius 1 is 1.08 bits per heavy atom. The summed E-state index contributed by atoms with van der Waals surface area (Å²) in [5, 5.41) is 8.96. The van der Waals surface area contributed by atoms with Crippen LogP contribution in [0.25, 0.3) is 11.0 Å². The molecule has 50 heavy (non-hydrogen) atoms. The van der Waals surface area contributed by atoms with E-state index in [-0.39, 0.29) is 24.7 Å². The topological polar surface area (TPSA) is 107 Å². The van der Waals surface area contributed by atoms with Crippen molar-refractivity contribution in [2.45, 2.75) is 85.2 Å². The van der Waals surface area contributed by atoms with Crippen LogP contribution in [0, 0.1) is 32.1 Å². The second-order valence-corrected chi connectivity index (χ2v) is 16.3. The number of nitrogens with zero attached hydrogens (tertiary/aromatic N) is 5. The summed E-state index contributed by atoms with van der Waals surface area (Å²) < 4.78 is 37.7. The molecule has 0 bridgehead atoms. The number of ether oxygens (including phenoxy) is 1. The molecular formula is C40H47N5O4S. The second-order valence-electron chi connectivity index (χ2n) is 14.4. The van der Waals surface area contributed by atoms with Gasteiger partial charge in [0.15, 0.2) is 0 Å². The van der Waals surface area contributed by atoms with E-state index in [0.717, 1.165) is 55.5 Å². The molecule has 3 heterocycles. The Morgan fingerprint density at radius 2 is 1.86 bits per heavy atom. The van der Waals surface area contributed by atoms with E-state index in [1.165, 1.54) is 0 Å². The Labute approximate surface area is 295 Å². The first-order valence-corrected chi connectivity index (χ1v) is 18.7. The molecule has 262 valence electrons. The number of hydrogen-bond donors (Lipinski definition) is 0. The minimum atomic E-state index is -3.75. The molecule has 5 aromatic rings. The van der Waals surface area contributed by atoms with E-state index in [9.17, 15) is 13.2 Å². The van der Waals surface area contributed by atoms with Crippen LogP contribution >= 0.6 is 0 Å². The number of carbonyl (C=O) groups excluding carboxylic acids is 1. The zero-order valence-electron chi connectivity index (χ0n) is 30.3. The van der Waals surface area contributed by atoms with Gasteiger partial charge in [-0.15, -0.1) is 5.10 Å². The number of methoxy groups -OCH3 is 1. The average Bonchev–Trinajstić information content (AvgIpc) is 3.48. The predicted octanol–water partition coefficient (Wildman–Crippen LogP) is 7.13. The number of ketones is 1. The normalized spacial score (nSPS) is 16.9. The van der Waals surface area contributed by atoms with Gasteiger partial charge in [0, 0.05) is 49.8 Å². The third-order valence-corrected chi connectivity index (χ3v) is 12.3. The number of Topliss-reactive ketones (excluding diaryl/α,β-unsaturated/α-hetero) is 1. The summed E-state index contributed by atoms with van der Waals surface area (Å²) in [7, 11) is -2.11. The third kappa shape index (κ3) is 6.47. The van der Waals surface area contributed by atoms with Crippen LogP contribution in [0.2, 0.25) is 0 Å². The van der Waals surface area contributed by atoms with Gasteiger partial charge in [-0.1, -0.05) is 67.9 Å². The molecule has 0 N–H and O–H groups in total. The summed E-state index contributed by atoms with van der Waals surface area (Å²) in [6.45, 7) is 15.4. The Hall–Kier alpha value is -4.41. The summed E-state index contributed by atoms with van der Waals surface area (Å²) in [6, 6.07) is 17.6. The summed E-state index contributed by atoms with van der Waals surface area (Å²) in [6.07, 6.45) is 4.37. The highest BCUT2D eigenvalue weighted by molar-refractivity contribution is 7.89. The molecule has 9 nitrogen and oxygen atoms in total. The lowest BCUT2D eigenvalue weighted by Gasteiger charge is -2.36. The lowest BCUT2D eigenvalue weighted by molar-refractivity contribution is -0.127. The lowest BCUT2D eigenvalue weighted by Crippen LogP contribution is -2.35. The van der Waals surface area contributed by atoms with E-state index in [0.29, 0.717) is 30.2 Å². The molecule has 2 atom stereocenters. The Kier molecular flexibility index (Phi) is 9.72. The molecule has 6 rings (SSSR count). The van der Waals surface area contributed by atoms with Gasteiger partial charge in [0.05, 0.1) is 12.0 Å². The first kappa shape index (κ1) is 35.4. The van der Waals surface area contributed by atoms with E-state index < -0.39 is 21.4 Å². The standard InChI is InChI=1S/C40H47N5O4S/c1-9-45-39-34(49-8)21-33(28(5)38(39)42-43-45)37(40(6,7)36(46)19-29-11-10-16-41-22-29)30-14-13-27(4)32(20-30)24-44-23-26(3)18-31-17-25(2)12-15-35(31)50(44,47)48/h10-17,20-22,26,37H,9,18-19,23-24H2,1-8H3/t26-,37-/m0/s1. The molecule has 2 aromatic heterocycles. The minimum Gasteiger partial charge on any atom is -0.494 e. The molecule has 1 aliphatic heterocycles. The van der Waals surface area contributed by atoms with Crippen molar-refractivity contribution >= 4 is 26.8 Å². The summed E-state index contributed by atoms with van der Waals surface area (Å²) >= 11 is 0. The fraction of sp³-hybridized carbons (Fsp3) is 0.400. The van der Waals surface area contributed by atoms with Crippen LogP contribution < -0.4 is 4.74 Å². The smallest absolute Gasteiger partial charge is 0.243 e. The molecule has 0 radical (unpaired) electrons. The van der Waals surface area contributed by atoms with Gasteiger partial charge < -0.3 is 4.74 Å². The Balaban J connectivity index is 1.49. The maximum atomic E-state index is 14.4. The van der Waals surface area contributed by atoms with Gasteiger partial charge in [-0.3, -0.25) is 9.78 Å². The zero-order valence-corrected chi connectivity index (χ0v) is 31.1. The van der Waals surface area contributed by atoms with Crippen molar-refractivity contribution in [1.29, 1.82) is 0 Å². The number of aryl methyl sites for hydroxylation is 4. The van der Waals surface area contributed by atoms with Crippen LogP contribution in [0.1, 0.15) is 78.1 Å². The number of sulfonamides is 1. The molecule has 0 amide bonds.